The van der Waals surface area contributed by atoms with Crippen molar-refractivity contribution in [2.45, 2.75) is 5.41 Å². The molecule has 3 nitrogen and oxygen atoms in total. The molecule has 0 saturated heterocycles. The average molecular weight is 778 g/mol. The Morgan fingerprint density at radius 2 is 0.721 bits per heavy atom. The van der Waals surface area contributed by atoms with Crippen LogP contribution in [0.3, 0.4) is 0 Å². The van der Waals surface area contributed by atoms with Crippen LogP contribution < -0.4 is 9.80 Å². The highest BCUT2D eigenvalue weighted by Gasteiger charge is 2.52. The standard InChI is InChI=1S/C58H39N3/c1-3-16-44(17-4-1)60(45-18-5-2-6-19-45)47-20-13-21-48(38-47)61(46-28-26-40(27-29-46)41-32-34-59-35-33-41)49-30-31-52-50-22-9-11-24-54(50)58(57(52)39-49)55-25-12-10-23-51(55)53-36-42-14-7-8-15-43(42)37-56(53)58/h1-39H. The van der Waals surface area contributed by atoms with Crippen molar-refractivity contribution in [1.82, 2.24) is 4.98 Å². The molecule has 0 fully saturated rings. The van der Waals surface area contributed by atoms with Gasteiger partial charge in [-0.3, -0.25) is 4.98 Å². The monoisotopic (exact) mass is 777 g/mol. The molecule has 61 heavy (non-hydrogen) atoms. The van der Waals surface area contributed by atoms with Gasteiger partial charge in [-0.05, 0) is 157 Å². The van der Waals surface area contributed by atoms with Crippen LogP contribution in [-0.2, 0) is 5.41 Å². The molecule has 0 amide bonds. The van der Waals surface area contributed by atoms with Crippen LogP contribution in [0.25, 0.3) is 44.2 Å². The summed E-state index contributed by atoms with van der Waals surface area (Å²) in [4.78, 5) is 9.02. The van der Waals surface area contributed by atoms with Crippen molar-refractivity contribution in [1.29, 1.82) is 0 Å². The summed E-state index contributed by atoms with van der Waals surface area (Å²) in [5, 5.41) is 2.51. The van der Waals surface area contributed by atoms with Gasteiger partial charge in [0.25, 0.3) is 0 Å². The largest absolute Gasteiger partial charge is 0.310 e. The summed E-state index contributed by atoms with van der Waals surface area (Å²) in [6.45, 7) is 0. The number of aromatic nitrogens is 1. The van der Waals surface area contributed by atoms with Gasteiger partial charge in [0, 0.05) is 46.5 Å². The van der Waals surface area contributed by atoms with Crippen molar-refractivity contribution in [2.75, 3.05) is 9.80 Å². The van der Waals surface area contributed by atoms with Gasteiger partial charge in [-0.15, -0.1) is 0 Å². The Bertz CT molecular complexity index is 3210. The molecule has 0 radical (unpaired) electrons. The first-order valence-electron chi connectivity index (χ1n) is 20.9. The summed E-state index contributed by atoms with van der Waals surface area (Å²) in [5.41, 5.74) is 18.8. The highest BCUT2D eigenvalue weighted by molar-refractivity contribution is 6.00. The van der Waals surface area contributed by atoms with Gasteiger partial charge >= 0.3 is 0 Å². The molecule has 0 aliphatic heterocycles. The second kappa shape index (κ2) is 14.1. The lowest BCUT2D eigenvalue weighted by Crippen LogP contribution is -2.26. The van der Waals surface area contributed by atoms with E-state index in [1.54, 1.807) is 0 Å². The molecule has 0 bridgehead atoms. The van der Waals surface area contributed by atoms with Gasteiger partial charge in [0.1, 0.15) is 0 Å². The lowest BCUT2D eigenvalue weighted by molar-refractivity contribution is 0.795. The van der Waals surface area contributed by atoms with Crippen LogP contribution in [0.4, 0.5) is 34.1 Å². The lowest BCUT2D eigenvalue weighted by atomic mass is 9.70. The number of pyridine rings is 1. The number of para-hydroxylation sites is 2. The molecule has 12 rings (SSSR count). The molecule has 3 heteroatoms. The first-order valence-corrected chi connectivity index (χ1v) is 20.9. The maximum atomic E-state index is 4.27. The van der Waals surface area contributed by atoms with Crippen LogP contribution in [0.15, 0.2) is 237 Å². The first-order chi connectivity index (χ1) is 30.3. The third-order valence-corrected chi connectivity index (χ3v) is 12.7. The van der Waals surface area contributed by atoms with Crippen LogP contribution in [0.1, 0.15) is 22.3 Å². The minimum atomic E-state index is -0.492. The molecule has 1 spiro atoms. The van der Waals surface area contributed by atoms with Crippen molar-refractivity contribution < 1.29 is 0 Å². The topological polar surface area (TPSA) is 19.4 Å². The molecule has 2 aliphatic carbocycles. The first kappa shape index (κ1) is 35.0. The van der Waals surface area contributed by atoms with E-state index in [2.05, 4.69) is 239 Å². The predicted octanol–water partition coefficient (Wildman–Crippen LogP) is 15.2. The molecule has 0 N–H and O–H groups in total. The Kier molecular flexibility index (Phi) is 8.07. The second-order valence-corrected chi connectivity index (χ2v) is 16.0. The number of fused-ring (bicyclic) bond motifs is 11. The Hall–Kier alpha value is -8.01. The highest BCUT2D eigenvalue weighted by atomic mass is 15.2. The number of benzene rings is 9. The smallest absolute Gasteiger partial charge is 0.0726 e. The van der Waals surface area contributed by atoms with E-state index in [0.717, 1.165) is 45.3 Å². The van der Waals surface area contributed by atoms with Crippen LogP contribution in [0, 0.1) is 0 Å². The summed E-state index contributed by atoms with van der Waals surface area (Å²) < 4.78 is 0. The normalized spacial score (nSPS) is 14.3. The molecular weight excluding hydrogens is 739 g/mol. The number of anilines is 6. The van der Waals surface area contributed by atoms with Gasteiger partial charge in [-0.2, -0.15) is 0 Å². The Morgan fingerprint density at radius 1 is 0.279 bits per heavy atom. The fourth-order valence-electron chi connectivity index (χ4n) is 10.1. The van der Waals surface area contributed by atoms with E-state index in [0.29, 0.717) is 0 Å². The molecule has 286 valence electrons. The second-order valence-electron chi connectivity index (χ2n) is 16.0. The van der Waals surface area contributed by atoms with Crippen LogP contribution in [-0.4, -0.2) is 4.98 Å². The van der Waals surface area contributed by atoms with Gasteiger partial charge in [0.15, 0.2) is 0 Å². The predicted molar refractivity (Wildman–Crippen MR) is 253 cm³/mol. The third kappa shape index (κ3) is 5.48. The van der Waals surface area contributed by atoms with E-state index in [9.17, 15) is 0 Å². The Balaban J connectivity index is 1.09. The van der Waals surface area contributed by atoms with Gasteiger partial charge < -0.3 is 9.80 Å². The van der Waals surface area contributed by atoms with Gasteiger partial charge in [0.05, 0.1) is 5.41 Å². The summed E-state index contributed by atoms with van der Waals surface area (Å²) in [7, 11) is 0. The molecule has 1 aromatic heterocycles. The molecule has 9 aromatic carbocycles. The van der Waals surface area contributed by atoms with E-state index in [4.69, 9.17) is 0 Å². The third-order valence-electron chi connectivity index (χ3n) is 12.7. The summed E-state index contributed by atoms with van der Waals surface area (Å²) in [6, 6.07) is 82.2. The fourth-order valence-corrected chi connectivity index (χ4v) is 10.1. The SMILES string of the molecule is c1ccc(N(c2ccccc2)c2cccc(N(c3ccc(-c4ccncc4)cc3)c3ccc4c(c3)C3(c5ccccc5-4)c4ccccc4-c4cc5ccccc5cc43)c2)cc1. The van der Waals surface area contributed by atoms with Crippen molar-refractivity contribution in [2.24, 2.45) is 0 Å². The molecular formula is C58H39N3. The zero-order chi connectivity index (χ0) is 40.3. The zero-order valence-electron chi connectivity index (χ0n) is 33.4. The highest BCUT2D eigenvalue weighted by Crippen LogP contribution is 2.64. The van der Waals surface area contributed by atoms with Crippen molar-refractivity contribution in [3.05, 3.63) is 259 Å². The quantitative estimate of drug-likeness (QED) is 0.161. The van der Waals surface area contributed by atoms with E-state index >= 15 is 0 Å². The van der Waals surface area contributed by atoms with Crippen LogP contribution in [0.5, 0.6) is 0 Å². The molecule has 10 aromatic rings. The summed E-state index contributed by atoms with van der Waals surface area (Å²) in [5.74, 6) is 0. The van der Waals surface area contributed by atoms with E-state index < -0.39 is 5.41 Å². The summed E-state index contributed by atoms with van der Waals surface area (Å²) in [6.07, 6.45) is 3.71. The molecule has 1 heterocycles. The van der Waals surface area contributed by atoms with Crippen molar-refractivity contribution >= 4 is 44.9 Å². The minimum absolute atomic E-state index is 0.492. The number of hydrogen-bond acceptors (Lipinski definition) is 3. The molecule has 2 aliphatic rings. The molecule has 1 unspecified atom stereocenters. The Labute approximate surface area is 356 Å². The fraction of sp³-hybridized carbons (Fsp3) is 0.0172. The number of rotatable bonds is 7. The maximum Gasteiger partial charge on any atom is 0.0726 e. The van der Waals surface area contributed by atoms with Crippen molar-refractivity contribution in [3.8, 4) is 33.4 Å². The van der Waals surface area contributed by atoms with E-state index in [1.165, 1.54) is 55.3 Å². The van der Waals surface area contributed by atoms with Crippen molar-refractivity contribution in [3.63, 3.8) is 0 Å². The Morgan fingerprint density at radius 3 is 1.38 bits per heavy atom. The molecule has 1 atom stereocenters. The number of hydrogen-bond donors (Lipinski definition) is 0. The van der Waals surface area contributed by atoms with E-state index in [1.807, 2.05) is 12.4 Å². The summed E-state index contributed by atoms with van der Waals surface area (Å²) >= 11 is 0. The van der Waals surface area contributed by atoms with E-state index in [-0.39, 0.29) is 0 Å². The minimum Gasteiger partial charge on any atom is -0.310 e. The van der Waals surface area contributed by atoms with Crippen LogP contribution >= 0.6 is 0 Å². The number of nitrogens with zero attached hydrogens (tertiary/aromatic N) is 3. The van der Waals surface area contributed by atoms with Crippen LogP contribution in [0.2, 0.25) is 0 Å². The lowest BCUT2D eigenvalue weighted by Gasteiger charge is -2.33. The maximum absolute atomic E-state index is 4.27. The van der Waals surface area contributed by atoms with Gasteiger partial charge in [-0.25, -0.2) is 0 Å². The zero-order valence-corrected chi connectivity index (χ0v) is 33.4. The van der Waals surface area contributed by atoms with Gasteiger partial charge in [-0.1, -0.05) is 133 Å². The molecule has 0 saturated carbocycles. The van der Waals surface area contributed by atoms with Gasteiger partial charge in [0.2, 0.25) is 0 Å². The average Bonchev–Trinajstić information content (AvgIpc) is 3.79.